The molecule has 1 rings (SSSR count). The Bertz CT molecular complexity index is 167. The van der Waals surface area contributed by atoms with Gasteiger partial charge in [0.05, 0.1) is 11.7 Å². The van der Waals surface area contributed by atoms with Gasteiger partial charge in [0.15, 0.2) is 0 Å². The normalized spacial score (nSPS) is 38.1. The van der Waals surface area contributed by atoms with Crippen LogP contribution in [0.2, 0.25) is 0 Å². The summed E-state index contributed by atoms with van der Waals surface area (Å²) in [4.78, 5) is 0. The first kappa shape index (κ1) is 9.75. The van der Waals surface area contributed by atoms with Crippen LogP contribution in [0.5, 0.6) is 0 Å². The van der Waals surface area contributed by atoms with Gasteiger partial charge in [-0.3, -0.25) is 0 Å². The van der Waals surface area contributed by atoms with Crippen molar-refractivity contribution >= 4 is 0 Å². The quantitative estimate of drug-likeness (QED) is 0.654. The number of ether oxygens (including phenoxy) is 1. The van der Waals surface area contributed by atoms with Gasteiger partial charge in [0.25, 0.3) is 0 Å². The molecule has 70 valence electrons. The van der Waals surface area contributed by atoms with Crippen molar-refractivity contribution < 1.29 is 9.84 Å². The maximum atomic E-state index is 8.93. The first-order chi connectivity index (χ1) is 5.61. The first-order valence-corrected chi connectivity index (χ1v) is 4.53. The highest BCUT2D eigenvalue weighted by atomic mass is 16.5. The molecule has 12 heavy (non-hydrogen) atoms. The Hall–Kier alpha value is -0.340. The molecule has 1 aliphatic heterocycles. The van der Waals surface area contributed by atoms with Gasteiger partial charge < -0.3 is 9.84 Å². The SMILES string of the molecule is C=C[C@]1(C)CCC(C(C)CO)O1. The predicted octanol–water partition coefficient (Wildman–Crippen LogP) is 1.74. The molecular weight excluding hydrogens is 152 g/mol. The highest BCUT2D eigenvalue weighted by Gasteiger charge is 2.35. The third kappa shape index (κ3) is 1.87. The van der Waals surface area contributed by atoms with Gasteiger partial charge >= 0.3 is 0 Å². The van der Waals surface area contributed by atoms with Gasteiger partial charge in [0.2, 0.25) is 0 Å². The van der Waals surface area contributed by atoms with E-state index in [4.69, 9.17) is 9.84 Å². The fraction of sp³-hybridized carbons (Fsp3) is 0.800. The van der Waals surface area contributed by atoms with Crippen molar-refractivity contribution in [3.05, 3.63) is 12.7 Å². The van der Waals surface area contributed by atoms with Crippen molar-refractivity contribution in [2.45, 2.75) is 38.4 Å². The molecule has 1 saturated heterocycles. The zero-order chi connectivity index (χ0) is 9.19. The van der Waals surface area contributed by atoms with Crippen molar-refractivity contribution in [3.63, 3.8) is 0 Å². The highest BCUT2D eigenvalue weighted by molar-refractivity contribution is 4.99. The van der Waals surface area contributed by atoms with E-state index in [0.717, 1.165) is 12.8 Å². The van der Waals surface area contributed by atoms with Gasteiger partial charge in [-0.25, -0.2) is 0 Å². The Morgan fingerprint density at radius 2 is 2.50 bits per heavy atom. The molecule has 0 aromatic heterocycles. The molecular formula is C10H18O2. The van der Waals surface area contributed by atoms with Crippen molar-refractivity contribution in [2.24, 2.45) is 5.92 Å². The van der Waals surface area contributed by atoms with Gasteiger partial charge in [-0.05, 0) is 19.8 Å². The molecule has 0 radical (unpaired) electrons. The van der Waals surface area contributed by atoms with Crippen LogP contribution in [0.1, 0.15) is 26.7 Å². The minimum absolute atomic E-state index is 0.159. The van der Waals surface area contributed by atoms with E-state index >= 15 is 0 Å². The third-order valence-electron chi connectivity index (χ3n) is 2.70. The number of aliphatic hydroxyl groups excluding tert-OH is 1. The summed E-state index contributed by atoms with van der Waals surface area (Å²) in [6.07, 6.45) is 4.12. The lowest BCUT2D eigenvalue weighted by Gasteiger charge is -2.23. The van der Waals surface area contributed by atoms with E-state index in [1.165, 1.54) is 0 Å². The molecule has 0 aliphatic carbocycles. The zero-order valence-electron chi connectivity index (χ0n) is 7.92. The molecule has 0 aromatic carbocycles. The van der Waals surface area contributed by atoms with Crippen molar-refractivity contribution in [2.75, 3.05) is 6.61 Å². The number of hydrogen-bond donors (Lipinski definition) is 1. The molecule has 2 heteroatoms. The lowest BCUT2D eigenvalue weighted by molar-refractivity contribution is -0.0305. The first-order valence-electron chi connectivity index (χ1n) is 4.53. The van der Waals surface area contributed by atoms with E-state index in [1.54, 1.807) is 0 Å². The average molecular weight is 170 g/mol. The van der Waals surface area contributed by atoms with Crippen molar-refractivity contribution in [1.29, 1.82) is 0 Å². The van der Waals surface area contributed by atoms with E-state index in [2.05, 4.69) is 6.58 Å². The predicted molar refractivity (Wildman–Crippen MR) is 49.0 cm³/mol. The molecule has 0 bridgehead atoms. The van der Waals surface area contributed by atoms with Crippen LogP contribution in [0.4, 0.5) is 0 Å². The minimum Gasteiger partial charge on any atom is -0.396 e. The molecule has 1 N–H and O–H groups in total. The Balaban J connectivity index is 2.50. The molecule has 0 aromatic rings. The molecule has 1 fully saturated rings. The smallest absolute Gasteiger partial charge is 0.0836 e. The molecule has 0 amide bonds. The van der Waals surface area contributed by atoms with Crippen LogP contribution in [-0.2, 0) is 4.74 Å². The molecule has 2 unspecified atom stereocenters. The molecule has 0 spiro atoms. The Morgan fingerprint density at radius 1 is 1.83 bits per heavy atom. The summed E-state index contributed by atoms with van der Waals surface area (Å²) in [5, 5.41) is 8.93. The van der Waals surface area contributed by atoms with Crippen LogP contribution in [0.25, 0.3) is 0 Å². The van der Waals surface area contributed by atoms with E-state index in [1.807, 2.05) is 19.9 Å². The maximum Gasteiger partial charge on any atom is 0.0836 e. The van der Waals surface area contributed by atoms with Crippen LogP contribution in [0.3, 0.4) is 0 Å². The second kappa shape index (κ2) is 3.58. The Kier molecular flexibility index (Phi) is 2.91. The van der Waals surface area contributed by atoms with Gasteiger partial charge in [-0.1, -0.05) is 13.0 Å². The van der Waals surface area contributed by atoms with E-state index in [9.17, 15) is 0 Å². The summed E-state index contributed by atoms with van der Waals surface area (Å²) in [5.74, 6) is 0.242. The number of hydrogen-bond acceptors (Lipinski definition) is 2. The van der Waals surface area contributed by atoms with Crippen molar-refractivity contribution in [3.8, 4) is 0 Å². The summed E-state index contributed by atoms with van der Waals surface area (Å²) in [5.41, 5.74) is -0.159. The fourth-order valence-electron chi connectivity index (χ4n) is 1.56. The maximum absolute atomic E-state index is 8.93. The van der Waals surface area contributed by atoms with Gasteiger partial charge in [-0.2, -0.15) is 0 Å². The van der Waals surface area contributed by atoms with Crippen LogP contribution in [0.15, 0.2) is 12.7 Å². The minimum atomic E-state index is -0.159. The number of aliphatic hydroxyl groups is 1. The molecule has 0 saturated carbocycles. The van der Waals surface area contributed by atoms with Crippen LogP contribution >= 0.6 is 0 Å². The highest BCUT2D eigenvalue weighted by Crippen LogP contribution is 2.33. The number of rotatable bonds is 3. The van der Waals surface area contributed by atoms with Crippen LogP contribution < -0.4 is 0 Å². The zero-order valence-corrected chi connectivity index (χ0v) is 7.92. The monoisotopic (exact) mass is 170 g/mol. The Labute approximate surface area is 74.2 Å². The lowest BCUT2D eigenvalue weighted by atomic mass is 9.99. The van der Waals surface area contributed by atoms with Gasteiger partial charge in [0.1, 0.15) is 0 Å². The molecule has 3 atom stereocenters. The fourth-order valence-corrected chi connectivity index (χ4v) is 1.56. The van der Waals surface area contributed by atoms with Gasteiger partial charge in [-0.15, -0.1) is 6.58 Å². The van der Waals surface area contributed by atoms with Crippen LogP contribution in [0, 0.1) is 5.92 Å². The third-order valence-corrected chi connectivity index (χ3v) is 2.70. The van der Waals surface area contributed by atoms with E-state index < -0.39 is 0 Å². The summed E-state index contributed by atoms with van der Waals surface area (Å²) in [6, 6.07) is 0. The second-order valence-electron chi connectivity index (χ2n) is 3.87. The molecule has 2 nitrogen and oxygen atoms in total. The van der Waals surface area contributed by atoms with E-state index in [-0.39, 0.29) is 24.2 Å². The average Bonchev–Trinajstić information content (AvgIpc) is 2.48. The van der Waals surface area contributed by atoms with E-state index in [0.29, 0.717) is 0 Å². The summed E-state index contributed by atoms with van der Waals surface area (Å²) >= 11 is 0. The summed E-state index contributed by atoms with van der Waals surface area (Å²) < 4.78 is 5.77. The van der Waals surface area contributed by atoms with Crippen molar-refractivity contribution in [1.82, 2.24) is 0 Å². The standard InChI is InChI=1S/C10H18O2/c1-4-10(3)6-5-9(12-10)8(2)7-11/h4,8-9,11H,1,5-7H2,2-3H3/t8?,9?,10-/m1/s1. The Morgan fingerprint density at radius 3 is 2.92 bits per heavy atom. The summed E-state index contributed by atoms with van der Waals surface area (Å²) in [7, 11) is 0. The lowest BCUT2D eigenvalue weighted by Crippen LogP contribution is -2.26. The molecule has 1 heterocycles. The molecule has 1 aliphatic rings. The van der Waals surface area contributed by atoms with Crippen LogP contribution in [-0.4, -0.2) is 23.4 Å². The topological polar surface area (TPSA) is 29.5 Å². The van der Waals surface area contributed by atoms with Gasteiger partial charge in [0, 0.05) is 12.5 Å². The largest absolute Gasteiger partial charge is 0.396 e. The summed E-state index contributed by atoms with van der Waals surface area (Å²) in [6.45, 7) is 8.01. The second-order valence-corrected chi connectivity index (χ2v) is 3.87.